The van der Waals surface area contributed by atoms with E-state index in [0.29, 0.717) is 5.65 Å². The molecule has 5 rings (SSSR count). The molecular weight excluding hydrogens is 398 g/mol. The van der Waals surface area contributed by atoms with E-state index in [1.54, 1.807) is 24.4 Å². The maximum Gasteiger partial charge on any atom is 0.260 e. The summed E-state index contributed by atoms with van der Waals surface area (Å²) in [6, 6.07) is 7.55. The summed E-state index contributed by atoms with van der Waals surface area (Å²) in [6.07, 6.45) is 1.02. The first-order chi connectivity index (χ1) is 14.2. The molecule has 1 aromatic carbocycles. The smallest absolute Gasteiger partial charge is 0.260 e. The Kier molecular flexibility index (Phi) is 3.77. The molecule has 1 N–H and O–H groups in total. The van der Waals surface area contributed by atoms with Gasteiger partial charge in [0.15, 0.2) is 5.65 Å². The van der Waals surface area contributed by atoms with Gasteiger partial charge in [0.1, 0.15) is 20.2 Å². The van der Waals surface area contributed by atoms with Crippen LogP contribution in [0.2, 0.25) is 0 Å². The van der Waals surface area contributed by atoms with Crippen LogP contribution in [0.3, 0.4) is 0 Å². The number of anilines is 1. The number of nitrogens with zero attached hydrogens (tertiary/aromatic N) is 4. The number of carbonyl (C=O) groups is 2. The van der Waals surface area contributed by atoms with Gasteiger partial charge in [-0.3, -0.25) is 14.9 Å². The number of nitrogens with one attached hydrogen (secondary N) is 1. The predicted molar refractivity (Wildman–Crippen MR) is 101 cm³/mol. The van der Waals surface area contributed by atoms with Crippen LogP contribution in [0.15, 0.2) is 36.5 Å². The summed E-state index contributed by atoms with van der Waals surface area (Å²) in [5, 5.41) is 6.53. The van der Waals surface area contributed by atoms with E-state index in [-0.39, 0.29) is 22.5 Å². The molecule has 2 aliphatic rings. The zero-order valence-electron chi connectivity index (χ0n) is 15.4. The van der Waals surface area contributed by atoms with Gasteiger partial charge in [-0.05, 0) is 18.2 Å². The number of alkyl halides is 2. The van der Waals surface area contributed by atoms with E-state index < -0.39 is 48.5 Å². The average molecular weight is 411 g/mol. The van der Waals surface area contributed by atoms with Gasteiger partial charge in [-0.1, -0.05) is 17.6 Å². The minimum atomic E-state index is -3.20. The Labute approximate surface area is 169 Å². The first-order valence-electron chi connectivity index (χ1n) is 9.09. The molecule has 150 valence electrons. The number of rotatable bonds is 3. The van der Waals surface area contributed by atoms with Crippen molar-refractivity contribution < 1.29 is 22.8 Å². The van der Waals surface area contributed by atoms with Gasteiger partial charge < -0.3 is 4.90 Å². The number of halogens is 3. The molecule has 3 heterocycles. The minimum Gasteiger partial charge on any atom is -0.328 e. The molecule has 0 saturated heterocycles. The zero-order chi connectivity index (χ0) is 21.3. The highest BCUT2D eigenvalue weighted by Crippen LogP contribution is 2.64. The van der Waals surface area contributed by atoms with Crippen LogP contribution in [0.5, 0.6) is 0 Å². The summed E-state index contributed by atoms with van der Waals surface area (Å²) in [5.74, 6) is -5.56. The maximum absolute atomic E-state index is 14.6. The van der Waals surface area contributed by atoms with Crippen molar-refractivity contribution in [1.82, 2.24) is 19.5 Å². The number of pyridine rings is 1. The number of hydrogen-bond acceptors (Lipinski definition) is 4. The first kappa shape index (κ1) is 18.7. The van der Waals surface area contributed by atoms with Crippen LogP contribution >= 0.6 is 0 Å². The largest absolute Gasteiger partial charge is 0.328 e. The van der Waals surface area contributed by atoms with Crippen molar-refractivity contribution in [3.05, 3.63) is 53.5 Å². The van der Waals surface area contributed by atoms with Crippen LogP contribution in [0.1, 0.15) is 22.3 Å². The molecule has 2 aromatic heterocycles. The van der Waals surface area contributed by atoms with Gasteiger partial charge in [0.25, 0.3) is 11.8 Å². The van der Waals surface area contributed by atoms with Gasteiger partial charge in [0.2, 0.25) is 11.9 Å². The van der Waals surface area contributed by atoms with E-state index in [4.69, 9.17) is 7.85 Å². The number of aromatic nitrogens is 3. The third-order valence-corrected chi connectivity index (χ3v) is 5.55. The normalized spacial score (nSPS) is 21.7. The Morgan fingerprint density at radius 3 is 2.73 bits per heavy atom. The topological polar surface area (TPSA) is 79.6 Å². The fraction of sp³-hybridized carbons (Fsp3) is 0.263. The van der Waals surface area contributed by atoms with Gasteiger partial charge in [-0.2, -0.15) is 4.98 Å². The molecule has 1 unspecified atom stereocenters. The standard InChI is InChI=1S/C19H13BF3N5O2/c20-11-5-4-10-14(15(11)21)18(8-19(18,22)23)9-27(16(10)30)7-13(29)25-17-24-12-3-1-2-6-28(12)26-17/h1-6H,7-9H2,(H,25,26,29). The van der Waals surface area contributed by atoms with E-state index in [9.17, 15) is 22.8 Å². The van der Waals surface area contributed by atoms with Gasteiger partial charge in [0, 0.05) is 30.3 Å². The van der Waals surface area contributed by atoms with Crippen LogP contribution in [0.4, 0.5) is 19.1 Å². The molecule has 0 bridgehead atoms. The van der Waals surface area contributed by atoms with Crippen molar-refractivity contribution in [3.8, 4) is 0 Å². The molecule has 7 nitrogen and oxygen atoms in total. The molecule has 30 heavy (non-hydrogen) atoms. The Bertz CT molecular complexity index is 1200. The molecular formula is C19H13BF3N5O2. The molecule has 2 amide bonds. The lowest BCUT2D eigenvalue weighted by molar-refractivity contribution is -0.117. The highest BCUT2D eigenvalue weighted by molar-refractivity contribution is 6.32. The minimum absolute atomic E-state index is 0.0151. The van der Waals surface area contributed by atoms with Gasteiger partial charge in [-0.15, -0.1) is 5.10 Å². The van der Waals surface area contributed by atoms with Gasteiger partial charge in [-0.25, -0.2) is 17.7 Å². The number of fused-ring (bicyclic) bond motifs is 3. The number of amides is 2. The third-order valence-electron chi connectivity index (χ3n) is 5.55. The van der Waals surface area contributed by atoms with E-state index in [0.717, 1.165) is 11.0 Å². The van der Waals surface area contributed by atoms with Crippen LogP contribution in [-0.4, -0.2) is 58.2 Å². The van der Waals surface area contributed by atoms with Crippen molar-refractivity contribution in [2.75, 3.05) is 18.4 Å². The second-order valence-corrected chi connectivity index (χ2v) is 7.50. The fourth-order valence-corrected chi connectivity index (χ4v) is 4.01. The Morgan fingerprint density at radius 1 is 1.27 bits per heavy atom. The molecule has 3 aromatic rings. The summed E-state index contributed by atoms with van der Waals surface area (Å²) in [7, 11) is 5.54. The quantitative estimate of drug-likeness (QED) is 0.654. The third kappa shape index (κ3) is 2.61. The molecule has 2 radical (unpaired) electrons. The van der Waals surface area contributed by atoms with Crippen molar-refractivity contribution in [3.63, 3.8) is 0 Å². The van der Waals surface area contributed by atoms with E-state index in [1.165, 1.54) is 10.6 Å². The monoisotopic (exact) mass is 411 g/mol. The Hall–Kier alpha value is -3.37. The molecule has 1 saturated carbocycles. The fourth-order valence-electron chi connectivity index (χ4n) is 4.01. The SMILES string of the molecule is [B]c1ccc2c(c1F)C1(CN(CC(=O)Nc3nc4ccccn4n3)C2=O)CC1(F)F. The Balaban J connectivity index is 1.42. The number of benzene rings is 1. The summed E-state index contributed by atoms with van der Waals surface area (Å²) in [4.78, 5) is 30.4. The van der Waals surface area contributed by atoms with Crippen LogP contribution in [-0.2, 0) is 10.2 Å². The van der Waals surface area contributed by atoms with E-state index in [1.807, 2.05) is 0 Å². The zero-order valence-corrected chi connectivity index (χ0v) is 15.4. The summed E-state index contributed by atoms with van der Waals surface area (Å²) in [6.45, 7) is -0.990. The molecule has 1 fully saturated rings. The molecule has 11 heteroatoms. The van der Waals surface area contributed by atoms with Crippen LogP contribution < -0.4 is 10.8 Å². The lowest BCUT2D eigenvalue weighted by Crippen LogP contribution is -2.49. The molecule has 1 atom stereocenters. The molecule has 1 aliphatic carbocycles. The highest BCUT2D eigenvalue weighted by atomic mass is 19.3. The van der Waals surface area contributed by atoms with Crippen LogP contribution in [0, 0.1) is 5.82 Å². The summed E-state index contributed by atoms with van der Waals surface area (Å²) < 4.78 is 44.6. The molecule has 1 spiro atoms. The lowest BCUT2D eigenvalue weighted by Gasteiger charge is -2.35. The second-order valence-electron chi connectivity index (χ2n) is 7.50. The average Bonchev–Trinajstić information content (AvgIpc) is 3.03. The van der Waals surface area contributed by atoms with Crippen molar-refractivity contribution in [2.45, 2.75) is 17.8 Å². The first-order valence-corrected chi connectivity index (χ1v) is 9.09. The summed E-state index contributed by atoms with van der Waals surface area (Å²) >= 11 is 0. The van der Waals surface area contributed by atoms with Crippen molar-refractivity contribution >= 4 is 36.7 Å². The lowest BCUT2D eigenvalue weighted by atomic mass is 9.80. The number of carbonyl (C=O) groups excluding carboxylic acids is 2. The Morgan fingerprint density at radius 2 is 2.03 bits per heavy atom. The predicted octanol–water partition coefficient (Wildman–Crippen LogP) is 1.03. The van der Waals surface area contributed by atoms with Gasteiger partial charge in [0.05, 0.1) is 5.41 Å². The van der Waals surface area contributed by atoms with Crippen molar-refractivity contribution in [2.24, 2.45) is 0 Å². The maximum atomic E-state index is 14.6. The van der Waals surface area contributed by atoms with E-state index >= 15 is 0 Å². The second kappa shape index (κ2) is 6.07. The van der Waals surface area contributed by atoms with Crippen molar-refractivity contribution in [1.29, 1.82) is 0 Å². The van der Waals surface area contributed by atoms with Gasteiger partial charge >= 0.3 is 0 Å². The van der Waals surface area contributed by atoms with Crippen LogP contribution in [0.25, 0.3) is 5.65 Å². The molecule has 1 aliphatic heterocycles. The van der Waals surface area contributed by atoms with E-state index in [2.05, 4.69) is 15.4 Å². The number of hydrogen-bond donors (Lipinski definition) is 1. The summed E-state index contributed by atoms with van der Waals surface area (Å²) in [5.41, 5.74) is -2.25. The highest BCUT2D eigenvalue weighted by Gasteiger charge is 2.75.